The second kappa shape index (κ2) is 8.81. The second-order valence-electron chi connectivity index (χ2n) is 7.71. The van der Waals surface area contributed by atoms with Crippen molar-refractivity contribution in [2.45, 2.75) is 44.6 Å². The van der Waals surface area contributed by atoms with Crippen LogP contribution in [0.15, 0.2) is 47.1 Å². The second-order valence-corrected chi connectivity index (χ2v) is 7.71. The normalized spacial score (nSPS) is 17.2. The fourth-order valence-corrected chi connectivity index (χ4v) is 4.17. The molecule has 7 heteroatoms. The molecular weight excluding hydrogens is 388 g/mol. The molecule has 30 heavy (non-hydrogen) atoms. The van der Waals surface area contributed by atoms with Crippen molar-refractivity contribution in [1.29, 1.82) is 0 Å². The molecule has 0 unspecified atom stereocenters. The molecule has 1 saturated heterocycles. The minimum absolute atomic E-state index is 0.0320. The monoisotopic (exact) mass is 413 g/mol. The van der Waals surface area contributed by atoms with Gasteiger partial charge >= 0.3 is 0 Å². The lowest BCUT2D eigenvalue weighted by Crippen LogP contribution is -2.35. The van der Waals surface area contributed by atoms with Crippen molar-refractivity contribution in [2.24, 2.45) is 7.05 Å². The SMILES string of the molecule is Cn1cccc1[C@@H]1CCCCCN1C(=O)CCc1ncc(-c2c(F)cccc2F)o1. The Hall–Kier alpha value is -2.96. The lowest BCUT2D eigenvalue weighted by atomic mass is 10.1. The summed E-state index contributed by atoms with van der Waals surface area (Å²) in [5.41, 5.74) is 0.901. The van der Waals surface area contributed by atoms with Gasteiger partial charge in [-0.15, -0.1) is 0 Å². The van der Waals surface area contributed by atoms with Crippen LogP contribution in [0.1, 0.15) is 49.7 Å². The van der Waals surface area contributed by atoms with Gasteiger partial charge in [0, 0.05) is 38.3 Å². The highest BCUT2D eigenvalue weighted by molar-refractivity contribution is 5.77. The summed E-state index contributed by atoms with van der Waals surface area (Å²) >= 11 is 0. The van der Waals surface area contributed by atoms with E-state index in [1.54, 1.807) is 0 Å². The number of rotatable bonds is 5. The van der Waals surface area contributed by atoms with Crippen LogP contribution in [0.3, 0.4) is 0 Å². The van der Waals surface area contributed by atoms with Crippen LogP contribution in [-0.2, 0) is 18.3 Å². The maximum absolute atomic E-state index is 14.0. The van der Waals surface area contributed by atoms with E-state index in [1.807, 2.05) is 24.2 Å². The maximum atomic E-state index is 14.0. The number of hydrogen-bond donors (Lipinski definition) is 0. The minimum Gasteiger partial charge on any atom is -0.441 e. The van der Waals surface area contributed by atoms with E-state index in [1.165, 1.54) is 24.4 Å². The number of amides is 1. The molecule has 0 bridgehead atoms. The first-order valence-electron chi connectivity index (χ1n) is 10.3. The fraction of sp³-hybridized carbons (Fsp3) is 0.391. The third kappa shape index (κ3) is 4.15. The molecule has 0 radical (unpaired) electrons. The summed E-state index contributed by atoms with van der Waals surface area (Å²) in [4.78, 5) is 19.1. The van der Waals surface area contributed by atoms with Crippen LogP contribution in [0.2, 0.25) is 0 Å². The van der Waals surface area contributed by atoms with E-state index in [2.05, 4.69) is 15.6 Å². The number of carbonyl (C=O) groups is 1. The van der Waals surface area contributed by atoms with Crippen molar-refractivity contribution in [1.82, 2.24) is 14.5 Å². The van der Waals surface area contributed by atoms with Gasteiger partial charge in [0.15, 0.2) is 11.7 Å². The molecule has 3 aromatic rings. The Kier molecular flexibility index (Phi) is 5.97. The molecule has 1 aliphatic rings. The number of benzene rings is 1. The first-order valence-corrected chi connectivity index (χ1v) is 10.3. The predicted octanol–water partition coefficient (Wildman–Crippen LogP) is 5.03. The van der Waals surface area contributed by atoms with E-state index in [4.69, 9.17) is 4.42 Å². The van der Waals surface area contributed by atoms with Crippen LogP contribution in [-0.4, -0.2) is 26.9 Å². The van der Waals surface area contributed by atoms with Gasteiger partial charge in [0.2, 0.25) is 5.91 Å². The van der Waals surface area contributed by atoms with Gasteiger partial charge in [-0.3, -0.25) is 4.79 Å². The van der Waals surface area contributed by atoms with Crippen molar-refractivity contribution < 1.29 is 18.0 Å². The van der Waals surface area contributed by atoms with Crippen LogP contribution in [0.4, 0.5) is 8.78 Å². The van der Waals surface area contributed by atoms with E-state index in [-0.39, 0.29) is 36.1 Å². The molecule has 4 rings (SSSR count). The summed E-state index contributed by atoms with van der Waals surface area (Å²) in [6.45, 7) is 0.728. The van der Waals surface area contributed by atoms with Gasteiger partial charge in [0.1, 0.15) is 11.6 Å². The maximum Gasteiger partial charge on any atom is 0.223 e. The van der Waals surface area contributed by atoms with E-state index in [9.17, 15) is 13.6 Å². The highest BCUT2D eigenvalue weighted by Crippen LogP contribution is 2.31. The summed E-state index contributed by atoms with van der Waals surface area (Å²) in [5.74, 6) is -1.04. The van der Waals surface area contributed by atoms with Gasteiger partial charge in [-0.2, -0.15) is 0 Å². The average Bonchev–Trinajstić information content (AvgIpc) is 3.28. The predicted molar refractivity (Wildman–Crippen MR) is 109 cm³/mol. The Morgan fingerprint density at radius 1 is 1.17 bits per heavy atom. The number of hydrogen-bond acceptors (Lipinski definition) is 3. The summed E-state index contributed by atoms with van der Waals surface area (Å²) in [7, 11) is 2.00. The average molecular weight is 413 g/mol. The number of halogens is 2. The zero-order chi connectivity index (χ0) is 21.1. The lowest BCUT2D eigenvalue weighted by Gasteiger charge is -2.30. The van der Waals surface area contributed by atoms with Gasteiger partial charge in [-0.05, 0) is 37.1 Å². The summed E-state index contributed by atoms with van der Waals surface area (Å²) in [6, 6.07) is 7.78. The fourth-order valence-electron chi connectivity index (χ4n) is 4.17. The first-order chi connectivity index (χ1) is 14.5. The number of carbonyl (C=O) groups excluding carboxylic acids is 1. The van der Waals surface area contributed by atoms with Gasteiger partial charge < -0.3 is 13.9 Å². The van der Waals surface area contributed by atoms with Crippen LogP contribution < -0.4 is 0 Å². The zero-order valence-electron chi connectivity index (χ0n) is 17.0. The number of nitrogens with zero attached hydrogens (tertiary/aromatic N) is 3. The lowest BCUT2D eigenvalue weighted by molar-refractivity contribution is -0.133. The van der Waals surface area contributed by atoms with Crippen molar-refractivity contribution in [3.8, 4) is 11.3 Å². The minimum atomic E-state index is -0.705. The summed E-state index contributed by atoms with van der Waals surface area (Å²) in [6.07, 6.45) is 7.96. The highest BCUT2D eigenvalue weighted by atomic mass is 19.1. The molecule has 5 nitrogen and oxygen atoms in total. The molecule has 0 spiro atoms. The van der Waals surface area contributed by atoms with Gasteiger partial charge in [0.25, 0.3) is 0 Å². The molecule has 1 fully saturated rings. The summed E-state index contributed by atoms with van der Waals surface area (Å²) < 4.78 is 35.5. The molecule has 3 heterocycles. The van der Waals surface area contributed by atoms with E-state index < -0.39 is 11.6 Å². The number of oxazole rings is 1. The molecule has 158 valence electrons. The van der Waals surface area contributed by atoms with Crippen molar-refractivity contribution in [3.63, 3.8) is 0 Å². The topological polar surface area (TPSA) is 51.3 Å². The van der Waals surface area contributed by atoms with Crippen molar-refractivity contribution in [3.05, 3.63) is 65.9 Å². The van der Waals surface area contributed by atoms with Crippen molar-refractivity contribution in [2.75, 3.05) is 6.54 Å². The number of aromatic nitrogens is 2. The molecule has 0 aliphatic carbocycles. The molecule has 0 N–H and O–H groups in total. The number of aryl methyl sites for hydroxylation is 2. The Morgan fingerprint density at radius 3 is 2.70 bits per heavy atom. The van der Waals surface area contributed by atoms with Crippen LogP contribution in [0.25, 0.3) is 11.3 Å². The third-order valence-electron chi connectivity index (χ3n) is 5.71. The Labute approximate surface area is 174 Å². The largest absolute Gasteiger partial charge is 0.441 e. The molecule has 2 aromatic heterocycles. The van der Waals surface area contributed by atoms with E-state index >= 15 is 0 Å². The molecule has 1 atom stereocenters. The van der Waals surface area contributed by atoms with E-state index in [0.717, 1.165) is 37.9 Å². The summed E-state index contributed by atoms with van der Waals surface area (Å²) in [5, 5.41) is 0. The van der Waals surface area contributed by atoms with Crippen LogP contribution >= 0.6 is 0 Å². The van der Waals surface area contributed by atoms with Gasteiger partial charge in [-0.1, -0.05) is 18.9 Å². The Bertz CT molecular complexity index is 1010. The highest BCUT2D eigenvalue weighted by Gasteiger charge is 2.28. The Morgan fingerprint density at radius 2 is 1.97 bits per heavy atom. The quantitative estimate of drug-likeness (QED) is 0.589. The first kappa shape index (κ1) is 20.3. The third-order valence-corrected chi connectivity index (χ3v) is 5.71. The molecule has 1 aliphatic heterocycles. The van der Waals surface area contributed by atoms with Crippen LogP contribution in [0.5, 0.6) is 0 Å². The molecule has 0 saturated carbocycles. The van der Waals surface area contributed by atoms with Gasteiger partial charge in [0.05, 0.1) is 17.8 Å². The molecule has 1 aromatic carbocycles. The van der Waals surface area contributed by atoms with Crippen LogP contribution in [0, 0.1) is 11.6 Å². The zero-order valence-corrected chi connectivity index (χ0v) is 17.0. The molecule has 1 amide bonds. The Balaban J connectivity index is 1.46. The van der Waals surface area contributed by atoms with Gasteiger partial charge in [-0.25, -0.2) is 13.8 Å². The standard InChI is InChI=1S/C23H25F2N3O2/c1-27-13-6-10-18(27)19-9-3-2-4-14-28(19)22(29)12-11-21-26-15-20(30-21)23-16(24)7-5-8-17(23)25/h5-8,10,13,15,19H,2-4,9,11-12,14H2,1H3/t19-/m0/s1. The molecular formula is C23H25F2N3O2. The van der Waals surface area contributed by atoms with E-state index in [0.29, 0.717) is 5.89 Å². The smallest absolute Gasteiger partial charge is 0.223 e. The number of likely N-dealkylation sites (tertiary alicyclic amines) is 1. The van der Waals surface area contributed by atoms with Crippen molar-refractivity contribution >= 4 is 5.91 Å².